The molecular weight excluding hydrogens is 455 g/mol. The summed E-state index contributed by atoms with van der Waals surface area (Å²) in [5.41, 5.74) is 6.58. The number of β-lactam (4-membered cyclic amide) rings is 1. The van der Waals surface area contributed by atoms with Crippen LogP contribution in [0.2, 0.25) is 0 Å². The van der Waals surface area contributed by atoms with E-state index in [1.807, 2.05) is 0 Å². The van der Waals surface area contributed by atoms with Crippen LogP contribution in [0.3, 0.4) is 0 Å². The number of halogens is 3. The summed E-state index contributed by atoms with van der Waals surface area (Å²) in [6, 6.07) is 3.97. The smallest absolute Gasteiger partial charge is 0.490 e. The maximum Gasteiger partial charge on any atom is 0.490 e. The Morgan fingerprint density at radius 2 is 1.76 bits per heavy atom. The highest BCUT2D eigenvalue weighted by Crippen LogP contribution is 2.22. The fraction of sp³-hybridized carbons (Fsp3) is 0.368. The molecule has 2 rings (SSSR count). The number of amides is 2. The molecule has 1 heterocycles. The number of carbonyl (C=O) groups excluding carboxylic acids is 2. The van der Waals surface area contributed by atoms with E-state index in [2.05, 4.69) is 5.32 Å². The SMILES string of the molecule is COCC(C)=C(C(=O)O)N1CC(NC(=O)C(N)c2ccc(O)cc2)C1=O.O=C(O)C(F)(F)F. The molecule has 1 saturated heterocycles. The summed E-state index contributed by atoms with van der Waals surface area (Å²) in [6.45, 7) is 1.68. The molecule has 182 valence electrons. The van der Waals surface area contributed by atoms with Crippen molar-refractivity contribution < 1.29 is 52.4 Å². The molecule has 0 spiro atoms. The van der Waals surface area contributed by atoms with Crippen LogP contribution in [0.5, 0.6) is 5.75 Å². The number of hydrogen-bond acceptors (Lipinski definition) is 7. The van der Waals surface area contributed by atoms with Crippen molar-refractivity contribution in [1.29, 1.82) is 0 Å². The van der Waals surface area contributed by atoms with Gasteiger partial charge in [0.2, 0.25) is 5.91 Å². The predicted octanol–water partition coefficient (Wildman–Crippen LogP) is 0.357. The Labute approximate surface area is 185 Å². The van der Waals surface area contributed by atoms with Crippen molar-refractivity contribution >= 4 is 23.8 Å². The Morgan fingerprint density at radius 1 is 1.24 bits per heavy atom. The Bertz CT molecular complexity index is 931. The highest BCUT2D eigenvalue weighted by atomic mass is 19.4. The molecule has 2 amide bonds. The van der Waals surface area contributed by atoms with Gasteiger partial charge in [0.25, 0.3) is 5.91 Å². The number of nitrogens with one attached hydrogen (secondary N) is 1. The maximum absolute atomic E-state index is 12.3. The number of alkyl halides is 3. The number of nitrogens with zero attached hydrogens (tertiary/aromatic N) is 1. The first-order valence-electron chi connectivity index (χ1n) is 9.09. The van der Waals surface area contributed by atoms with Gasteiger partial charge in [-0.2, -0.15) is 13.2 Å². The maximum atomic E-state index is 12.3. The van der Waals surface area contributed by atoms with Crippen molar-refractivity contribution in [2.75, 3.05) is 20.3 Å². The molecule has 0 aliphatic carbocycles. The number of nitrogens with two attached hydrogens (primary N) is 1. The van der Waals surface area contributed by atoms with Gasteiger partial charge < -0.3 is 36.0 Å². The Balaban J connectivity index is 0.000000675. The van der Waals surface area contributed by atoms with Gasteiger partial charge in [-0.25, -0.2) is 9.59 Å². The largest absolute Gasteiger partial charge is 0.508 e. The lowest BCUT2D eigenvalue weighted by molar-refractivity contribution is -0.192. The first kappa shape index (κ1) is 27.4. The Hall–Kier alpha value is -3.65. The van der Waals surface area contributed by atoms with E-state index in [9.17, 15) is 37.8 Å². The lowest BCUT2D eigenvalue weighted by Gasteiger charge is -2.39. The highest BCUT2D eigenvalue weighted by Gasteiger charge is 2.43. The lowest BCUT2D eigenvalue weighted by Crippen LogP contribution is -2.64. The molecule has 0 aromatic heterocycles. The second-order valence-corrected chi connectivity index (χ2v) is 6.75. The van der Waals surface area contributed by atoms with Gasteiger partial charge in [-0.15, -0.1) is 0 Å². The second-order valence-electron chi connectivity index (χ2n) is 6.75. The van der Waals surface area contributed by atoms with Crippen molar-refractivity contribution in [3.8, 4) is 5.75 Å². The highest BCUT2D eigenvalue weighted by molar-refractivity contribution is 6.00. The molecule has 11 nitrogen and oxygen atoms in total. The third-order valence-electron chi connectivity index (χ3n) is 4.26. The third kappa shape index (κ3) is 7.47. The molecule has 14 heteroatoms. The van der Waals surface area contributed by atoms with Crippen molar-refractivity contribution in [3.05, 3.63) is 41.1 Å². The number of hydrogen-bond donors (Lipinski definition) is 5. The summed E-state index contributed by atoms with van der Waals surface area (Å²) in [5, 5.41) is 28.2. The van der Waals surface area contributed by atoms with E-state index < -0.39 is 42.0 Å². The third-order valence-corrected chi connectivity index (χ3v) is 4.26. The number of phenols is 1. The van der Waals surface area contributed by atoms with E-state index in [1.54, 1.807) is 6.92 Å². The average Bonchev–Trinajstić information content (AvgIpc) is 2.72. The number of methoxy groups -OCH3 is 1. The van der Waals surface area contributed by atoms with Gasteiger partial charge in [-0.1, -0.05) is 12.1 Å². The summed E-state index contributed by atoms with van der Waals surface area (Å²) >= 11 is 0. The summed E-state index contributed by atoms with van der Waals surface area (Å²) in [6.07, 6.45) is -5.08. The van der Waals surface area contributed by atoms with Crippen molar-refractivity contribution in [1.82, 2.24) is 10.2 Å². The molecule has 1 aromatic rings. The number of phenolic OH excluding ortho intramolecular Hbond substituents is 1. The van der Waals surface area contributed by atoms with Gasteiger partial charge in [-0.05, 0) is 30.2 Å². The molecule has 0 radical (unpaired) electrons. The molecule has 33 heavy (non-hydrogen) atoms. The number of carboxylic acids is 2. The monoisotopic (exact) mass is 477 g/mol. The first-order chi connectivity index (χ1) is 15.2. The number of ether oxygens (including phenoxy) is 1. The summed E-state index contributed by atoms with van der Waals surface area (Å²) in [7, 11) is 1.43. The molecule has 0 saturated carbocycles. The van der Waals surface area contributed by atoms with E-state index in [0.717, 1.165) is 4.90 Å². The van der Waals surface area contributed by atoms with Crippen molar-refractivity contribution in [2.45, 2.75) is 25.2 Å². The quantitative estimate of drug-likeness (QED) is 0.274. The minimum absolute atomic E-state index is 0.0373. The van der Waals surface area contributed by atoms with Crippen molar-refractivity contribution in [3.63, 3.8) is 0 Å². The first-order valence-corrected chi connectivity index (χ1v) is 9.09. The molecule has 2 atom stereocenters. The summed E-state index contributed by atoms with van der Waals surface area (Å²) in [4.78, 5) is 45.9. The normalized spacial score (nSPS) is 17.1. The van der Waals surface area contributed by atoms with E-state index in [4.69, 9.17) is 20.4 Å². The molecule has 1 fully saturated rings. The van der Waals surface area contributed by atoms with Crippen LogP contribution in [-0.4, -0.2) is 76.5 Å². The zero-order valence-corrected chi connectivity index (χ0v) is 17.4. The number of aliphatic carboxylic acids is 2. The molecule has 6 N–H and O–H groups in total. The molecule has 1 aliphatic heterocycles. The fourth-order valence-corrected chi connectivity index (χ4v) is 2.64. The standard InChI is InChI=1S/C17H21N3O6.C2HF3O2/c1-9(8-26-2)14(17(24)25)20-7-12(16(20)23)19-15(22)13(18)10-3-5-11(21)6-4-10;3-2(4,5)1(6)7/h3-6,12-13,21H,7-8,18H2,1-2H3,(H,19,22)(H,24,25);(H,6,7). The topological polar surface area (TPSA) is 179 Å². The van der Waals surface area contributed by atoms with Crippen LogP contribution < -0.4 is 11.1 Å². The Morgan fingerprint density at radius 3 is 2.15 bits per heavy atom. The van der Waals surface area contributed by atoms with Gasteiger partial charge in [0, 0.05) is 7.11 Å². The predicted molar refractivity (Wildman–Crippen MR) is 105 cm³/mol. The van der Waals surface area contributed by atoms with Gasteiger partial charge in [0.15, 0.2) is 0 Å². The van der Waals surface area contributed by atoms with E-state index in [-0.39, 0.29) is 24.6 Å². The van der Waals surface area contributed by atoms with Gasteiger partial charge in [0.1, 0.15) is 23.5 Å². The van der Waals surface area contributed by atoms with E-state index in [0.29, 0.717) is 11.1 Å². The molecular formula is C19H22F3N3O8. The summed E-state index contributed by atoms with van der Waals surface area (Å²) in [5.74, 6) is -5.04. The van der Waals surface area contributed by atoms with Crippen LogP contribution in [-0.2, 0) is 23.9 Å². The van der Waals surface area contributed by atoms with Crippen molar-refractivity contribution in [2.24, 2.45) is 5.73 Å². The fourth-order valence-electron chi connectivity index (χ4n) is 2.64. The molecule has 2 unspecified atom stereocenters. The zero-order valence-electron chi connectivity index (χ0n) is 17.4. The van der Waals surface area contributed by atoms with Crippen LogP contribution in [0.1, 0.15) is 18.5 Å². The van der Waals surface area contributed by atoms with Crippen LogP contribution in [0, 0.1) is 0 Å². The number of rotatable bonds is 7. The van der Waals surface area contributed by atoms with Gasteiger partial charge in [0.05, 0.1) is 13.2 Å². The lowest BCUT2D eigenvalue weighted by atomic mass is 10.0. The van der Waals surface area contributed by atoms with Crippen LogP contribution in [0.15, 0.2) is 35.5 Å². The van der Waals surface area contributed by atoms with E-state index in [1.165, 1.54) is 31.4 Å². The zero-order chi connectivity index (χ0) is 25.5. The van der Waals surface area contributed by atoms with E-state index >= 15 is 0 Å². The minimum atomic E-state index is -5.08. The number of aromatic hydroxyl groups is 1. The molecule has 0 bridgehead atoms. The number of likely N-dealkylation sites (tertiary alicyclic amines) is 1. The minimum Gasteiger partial charge on any atom is -0.508 e. The number of benzene rings is 1. The number of carboxylic acid groups (broad SMARTS) is 2. The Kier molecular flexibility index (Phi) is 9.36. The number of carbonyl (C=O) groups is 4. The average molecular weight is 477 g/mol. The van der Waals surface area contributed by atoms with Gasteiger partial charge >= 0.3 is 18.1 Å². The van der Waals surface area contributed by atoms with Crippen LogP contribution in [0.4, 0.5) is 13.2 Å². The summed E-state index contributed by atoms with van der Waals surface area (Å²) < 4.78 is 36.6. The van der Waals surface area contributed by atoms with Crippen LogP contribution >= 0.6 is 0 Å². The molecule has 1 aromatic carbocycles. The van der Waals surface area contributed by atoms with Crippen LogP contribution in [0.25, 0.3) is 0 Å². The second kappa shape index (κ2) is 11.3. The van der Waals surface area contributed by atoms with Gasteiger partial charge in [-0.3, -0.25) is 9.59 Å². The molecule has 1 aliphatic rings.